The Labute approximate surface area is 121 Å². The predicted molar refractivity (Wildman–Crippen MR) is 86.4 cm³/mol. The van der Waals surface area contributed by atoms with Gasteiger partial charge in [0.25, 0.3) is 0 Å². The minimum atomic E-state index is 0.461. The van der Waals surface area contributed by atoms with Crippen LogP contribution in [0.5, 0.6) is 0 Å². The van der Waals surface area contributed by atoms with Gasteiger partial charge in [-0.2, -0.15) is 11.8 Å². The summed E-state index contributed by atoms with van der Waals surface area (Å²) in [5.41, 5.74) is 1.11. The highest BCUT2D eigenvalue weighted by atomic mass is 32.2. The first-order valence-electron chi connectivity index (χ1n) is 7.02. The Hall–Kier alpha value is -0.970. The first-order chi connectivity index (χ1) is 9.15. The summed E-state index contributed by atoms with van der Waals surface area (Å²) in [7, 11) is 0. The number of aromatic nitrogens is 2. The van der Waals surface area contributed by atoms with Crippen molar-refractivity contribution in [2.24, 2.45) is 0 Å². The van der Waals surface area contributed by atoms with E-state index in [1.54, 1.807) is 0 Å². The van der Waals surface area contributed by atoms with Crippen LogP contribution in [0, 0.1) is 6.92 Å². The minimum absolute atomic E-state index is 0.461. The number of nitrogens with zero attached hydrogens (tertiary/aromatic N) is 2. The highest BCUT2D eigenvalue weighted by molar-refractivity contribution is 7.98. The van der Waals surface area contributed by atoms with Crippen molar-refractivity contribution in [3.8, 4) is 0 Å². The topological polar surface area (TPSA) is 49.8 Å². The number of hydrogen-bond acceptors (Lipinski definition) is 5. The molecular formula is C14H26N4S. The molecule has 1 unspecified atom stereocenters. The number of thioether (sulfide) groups is 1. The van der Waals surface area contributed by atoms with E-state index in [1.165, 1.54) is 0 Å². The van der Waals surface area contributed by atoms with Crippen LogP contribution in [-0.2, 0) is 6.42 Å². The first-order valence-corrected chi connectivity index (χ1v) is 8.42. The molecule has 5 heteroatoms. The molecule has 0 radical (unpaired) electrons. The van der Waals surface area contributed by atoms with Crippen molar-refractivity contribution in [2.45, 2.75) is 46.6 Å². The Morgan fingerprint density at radius 3 is 2.37 bits per heavy atom. The van der Waals surface area contributed by atoms with Crippen molar-refractivity contribution in [3.63, 3.8) is 0 Å². The van der Waals surface area contributed by atoms with Crippen LogP contribution < -0.4 is 10.6 Å². The van der Waals surface area contributed by atoms with Gasteiger partial charge in [-0.1, -0.05) is 13.8 Å². The second-order valence-corrected chi connectivity index (χ2v) is 5.46. The van der Waals surface area contributed by atoms with Crippen LogP contribution in [0.4, 0.5) is 11.6 Å². The van der Waals surface area contributed by atoms with Crippen LogP contribution in [0.25, 0.3) is 0 Å². The molecule has 108 valence electrons. The number of rotatable bonds is 8. The second-order valence-electron chi connectivity index (χ2n) is 4.55. The molecule has 1 rings (SSSR count). The molecule has 19 heavy (non-hydrogen) atoms. The summed E-state index contributed by atoms with van der Waals surface area (Å²) in [5, 5.41) is 6.88. The van der Waals surface area contributed by atoms with Crippen LogP contribution in [0.15, 0.2) is 0 Å². The van der Waals surface area contributed by atoms with Crippen molar-refractivity contribution >= 4 is 23.4 Å². The molecule has 1 heterocycles. The fraction of sp³-hybridized carbons (Fsp3) is 0.714. The molecule has 0 aliphatic heterocycles. The lowest BCUT2D eigenvalue weighted by atomic mass is 10.2. The maximum Gasteiger partial charge on any atom is 0.135 e. The van der Waals surface area contributed by atoms with Gasteiger partial charge in [-0.25, -0.2) is 9.97 Å². The monoisotopic (exact) mass is 282 g/mol. The Kier molecular flexibility index (Phi) is 6.99. The third-order valence-electron chi connectivity index (χ3n) is 3.05. The van der Waals surface area contributed by atoms with E-state index in [0.29, 0.717) is 6.04 Å². The van der Waals surface area contributed by atoms with Gasteiger partial charge in [0, 0.05) is 30.3 Å². The van der Waals surface area contributed by atoms with Gasteiger partial charge < -0.3 is 10.6 Å². The van der Waals surface area contributed by atoms with Gasteiger partial charge in [0.1, 0.15) is 17.5 Å². The average molecular weight is 282 g/mol. The van der Waals surface area contributed by atoms with Crippen LogP contribution in [0.3, 0.4) is 0 Å². The molecule has 2 N–H and O–H groups in total. The van der Waals surface area contributed by atoms with Gasteiger partial charge in [-0.3, -0.25) is 0 Å². The molecule has 0 saturated carbocycles. The van der Waals surface area contributed by atoms with Crippen molar-refractivity contribution in [3.05, 3.63) is 11.4 Å². The summed E-state index contributed by atoms with van der Waals surface area (Å²) < 4.78 is 0. The van der Waals surface area contributed by atoms with E-state index in [0.717, 1.165) is 48.2 Å². The fourth-order valence-electron chi connectivity index (χ4n) is 1.86. The summed E-state index contributed by atoms with van der Waals surface area (Å²) >= 11 is 1.86. The Bertz CT molecular complexity index is 395. The quantitative estimate of drug-likeness (QED) is 0.766. The summed E-state index contributed by atoms with van der Waals surface area (Å²) in [6.45, 7) is 9.33. The zero-order valence-corrected chi connectivity index (χ0v) is 13.5. The molecule has 0 aliphatic carbocycles. The standard InChI is InChI=1S/C14H26N4S/c1-6-11(9-19-5)16-14-10(4)13(15-8-3)17-12(7-2)18-14/h11H,6-9H2,1-5H3,(H2,15,16,17,18). The van der Waals surface area contributed by atoms with Gasteiger partial charge in [-0.15, -0.1) is 0 Å². The molecule has 0 amide bonds. The lowest BCUT2D eigenvalue weighted by Gasteiger charge is -2.20. The van der Waals surface area contributed by atoms with Gasteiger partial charge in [0.2, 0.25) is 0 Å². The maximum atomic E-state index is 4.63. The van der Waals surface area contributed by atoms with Crippen molar-refractivity contribution in [1.29, 1.82) is 0 Å². The fourth-order valence-corrected chi connectivity index (χ4v) is 2.58. The zero-order valence-electron chi connectivity index (χ0n) is 12.7. The van der Waals surface area contributed by atoms with Crippen molar-refractivity contribution < 1.29 is 0 Å². The number of anilines is 2. The molecular weight excluding hydrogens is 256 g/mol. The van der Waals surface area contributed by atoms with E-state index in [2.05, 4.69) is 54.6 Å². The van der Waals surface area contributed by atoms with Gasteiger partial charge in [-0.05, 0) is 26.5 Å². The number of nitrogens with one attached hydrogen (secondary N) is 2. The van der Waals surface area contributed by atoms with E-state index in [-0.39, 0.29) is 0 Å². The zero-order chi connectivity index (χ0) is 14.3. The number of aryl methyl sites for hydroxylation is 1. The smallest absolute Gasteiger partial charge is 0.135 e. The Morgan fingerprint density at radius 1 is 1.16 bits per heavy atom. The highest BCUT2D eigenvalue weighted by Gasteiger charge is 2.13. The van der Waals surface area contributed by atoms with E-state index in [1.807, 2.05) is 11.8 Å². The first kappa shape index (κ1) is 16.1. The van der Waals surface area contributed by atoms with Crippen LogP contribution in [0.2, 0.25) is 0 Å². The third kappa shape index (κ3) is 4.56. The minimum Gasteiger partial charge on any atom is -0.370 e. The molecule has 4 nitrogen and oxygen atoms in total. The SMILES string of the molecule is CCNc1nc(CC)nc(NC(CC)CSC)c1C. The molecule has 1 aromatic rings. The lowest BCUT2D eigenvalue weighted by molar-refractivity contribution is 0.764. The van der Waals surface area contributed by atoms with Crippen LogP contribution in [0.1, 0.15) is 38.6 Å². The normalized spacial score (nSPS) is 12.3. The van der Waals surface area contributed by atoms with Crippen molar-refractivity contribution in [2.75, 3.05) is 29.2 Å². The molecule has 0 aromatic carbocycles. The third-order valence-corrected chi connectivity index (χ3v) is 3.79. The molecule has 1 aromatic heterocycles. The molecule has 0 aliphatic rings. The second kappa shape index (κ2) is 8.25. The molecule has 0 fully saturated rings. The summed E-state index contributed by atoms with van der Waals surface area (Å²) in [6, 6.07) is 0.461. The average Bonchev–Trinajstić information content (AvgIpc) is 2.42. The molecule has 0 spiro atoms. The predicted octanol–water partition coefficient (Wildman–Crippen LogP) is 3.33. The van der Waals surface area contributed by atoms with Gasteiger partial charge >= 0.3 is 0 Å². The van der Waals surface area contributed by atoms with E-state index in [4.69, 9.17) is 0 Å². The van der Waals surface area contributed by atoms with E-state index < -0.39 is 0 Å². The molecule has 0 saturated heterocycles. The van der Waals surface area contributed by atoms with Crippen LogP contribution in [-0.4, -0.2) is 34.6 Å². The molecule has 1 atom stereocenters. The summed E-state index contributed by atoms with van der Waals surface area (Å²) in [5.74, 6) is 3.92. The molecule has 0 bridgehead atoms. The van der Waals surface area contributed by atoms with E-state index in [9.17, 15) is 0 Å². The number of hydrogen-bond donors (Lipinski definition) is 2. The van der Waals surface area contributed by atoms with Gasteiger partial charge in [0.15, 0.2) is 0 Å². The van der Waals surface area contributed by atoms with Crippen molar-refractivity contribution in [1.82, 2.24) is 9.97 Å². The highest BCUT2D eigenvalue weighted by Crippen LogP contribution is 2.22. The largest absolute Gasteiger partial charge is 0.370 e. The maximum absolute atomic E-state index is 4.63. The summed E-state index contributed by atoms with van der Waals surface area (Å²) in [6.07, 6.45) is 4.09. The van der Waals surface area contributed by atoms with Crippen LogP contribution >= 0.6 is 11.8 Å². The Morgan fingerprint density at radius 2 is 1.84 bits per heavy atom. The van der Waals surface area contributed by atoms with E-state index >= 15 is 0 Å². The summed E-state index contributed by atoms with van der Waals surface area (Å²) in [4.78, 5) is 9.19. The lowest BCUT2D eigenvalue weighted by Crippen LogP contribution is -2.23. The van der Waals surface area contributed by atoms with Gasteiger partial charge in [0.05, 0.1) is 0 Å². The Balaban J connectivity index is 3.00.